The molecule has 3 aliphatic heterocycles. The van der Waals surface area contributed by atoms with Gasteiger partial charge in [-0.2, -0.15) is 0 Å². The van der Waals surface area contributed by atoms with E-state index in [1.807, 2.05) is 0 Å². The van der Waals surface area contributed by atoms with E-state index in [1.165, 1.54) is 0 Å². The minimum absolute atomic E-state index is 0. The van der Waals surface area contributed by atoms with Crippen LogP contribution in [0.5, 0.6) is 0 Å². The largest absolute Gasteiger partial charge is 1.00 e. The van der Waals surface area contributed by atoms with E-state index in [1.54, 1.807) is 0 Å². The van der Waals surface area contributed by atoms with E-state index in [9.17, 15) is 9.90 Å². The van der Waals surface area contributed by atoms with Crippen LogP contribution in [0.1, 0.15) is 41.7 Å². The number of fused-ring (bicyclic) bond motifs is 5. The predicted octanol–water partition coefficient (Wildman–Crippen LogP) is -0.650. The third-order valence-electron chi connectivity index (χ3n) is 4.39. The second-order valence-corrected chi connectivity index (χ2v) is 7.89. The summed E-state index contributed by atoms with van der Waals surface area (Å²) in [5.41, 5.74) is -3.29. The van der Waals surface area contributed by atoms with Crippen LogP contribution in [0.3, 0.4) is 0 Å². The van der Waals surface area contributed by atoms with Crippen molar-refractivity contribution in [3.05, 3.63) is 44.6 Å². The Kier molecular flexibility index (Phi) is 2.20. The number of morpholine rings is 1. The van der Waals surface area contributed by atoms with Gasteiger partial charge in [-0.25, -0.2) is 4.79 Å². The monoisotopic (exact) mass is 485 g/mol. The molecule has 2 aromatic heterocycles. The zero-order chi connectivity index (χ0) is 30.6. The number of piperidine rings is 1. The number of hydrogen-bond acceptors (Lipinski definition) is 6. The van der Waals surface area contributed by atoms with E-state index in [0.717, 1.165) is 14.1 Å². The van der Waals surface area contributed by atoms with E-state index < -0.39 is 104 Å². The van der Waals surface area contributed by atoms with E-state index >= 15 is 0 Å². The first kappa shape index (κ1) is 8.93. The summed E-state index contributed by atoms with van der Waals surface area (Å²) in [6.07, 6.45) is -15.0. The molecule has 5 nitrogen and oxygen atoms in total. The van der Waals surface area contributed by atoms with Crippen LogP contribution in [0.4, 0.5) is 0 Å². The Morgan fingerprint density at radius 1 is 1.30 bits per heavy atom. The predicted molar refractivity (Wildman–Crippen MR) is 99.1 cm³/mol. The number of halogens is 1. The van der Waals surface area contributed by atoms with Crippen molar-refractivity contribution in [3.63, 3.8) is 0 Å². The summed E-state index contributed by atoms with van der Waals surface area (Å²) in [6, 6.07) is -8.95. The van der Waals surface area contributed by atoms with Crippen molar-refractivity contribution in [3.8, 4) is 0 Å². The number of aliphatic hydroxyl groups is 1. The Morgan fingerprint density at radius 3 is 2.26 bits per heavy atom. The lowest BCUT2D eigenvalue weighted by atomic mass is 9.95. The van der Waals surface area contributed by atoms with Gasteiger partial charge in [0.2, 0.25) is 5.60 Å². The Morgan fingerprint density at radius 2 is 1.81 bits per heavy atom. The molecule has 5 heterocycles. The average Bonchev–Trinajstić information content (AvgIpc) is 3.20. The van der Waals surface area contributed by atoms with Crippen molar-refractivity contribution in [1.82, 2.24) is 0 Å². The van der Waals surface area contributed by atoms with Gasteiger partial charge < -0.3 is 36.0 Å². The quantitative estimate of drug-likeness (QED) is 0.355. The number of quaternary nitrogens is 1. The fourth-order valence-electron chi connectivity index (χ4n) is 2.98. The Balaban J connectivity index is 0.00000387. The number of nitrogens with zero attached hydrogens (tertiary/aromatic N) is 1. The molecule has 3 aliphatic rings. The Hall–Kier alpha value is -0.770. The van der Waals surface area contributed by atoms with Gasteiger partial charge >= 0.3 is 5.97 Å². The number of likely N-dealkylation sites (N-methyl/N-ethyl adjacent to an activating group) is 1. The lowest BCUT2D eigenvalue weighted by Crippen LogP contribution is -3.00. The highest BCUT2D eigenvalue weighted by atomic mass is 79.9. The molecule has 1 N–H and O–H groups in total. The molecule has 0 saturated carbocycles. The van der Waals surface area contributed by atoms with Crippen molar-refractivity contribution in [2.75, 3.05) is 14.1 Å². The number of esters is 1. The summed E-state index contributed by atoms with van der Waals surface area (Å²) in [7, 11) is 2.19. The Bertz CT molecular complexity index is 1410. The number of carbonyl (C=O) groups is 1. The second-order valence-electron chi connectivity index (χ2n) is 6.26. The zero-order valence-electron chi connectivity index (χ0n) is 27.9. The van der Waals surface area contributed by atoms with Gasteiger partial charge in [-0.05, 0) is 22.8 Å². The molecule has 4 atom stereocenters. The summed E-state index contributed by atoms with van der Waals surface area (Å²) in [5, 5.41) is 10.6. The molecule has 2 aromatic rings. The van der Waals surface area contributed by atoms with Crippen LogP contribution < -0.4 is 17.0 Å². The van der Waals surface area contributed by atoms with Gasteiger partial charge in [0.1, 0.15) is 30.3 Å². The van der Waals surface area contributed by atoms with Crippen molar-refractivity contribution in [1.29, 1.82) is 0 Å². The molecule has 0 aromatic carbocycles. The summed E-state index contributed by atoms with van der Waals surface area (Å²) in [4.78, 5) is 12.4. The molecule has 0 spiro atoms. The van der Waals surface area contributed by atoms with Crippen LogP contribution >= 0.6 is 22.7 Å². The summed E-state index contributed by atoms with van der Waals surface area (Å²) in [6.45, 7) is 0. The highest BCUT2D eigenvalue weighted by molar-refractivity contribution is 7.12. The summed E-state index contributed by atoms with van der Waals surface area (Å²) < 4.78 is 128. The minimum atomic E-state index is -3.36. The highest BCUT2D eigenvalue weighted by Crippen LogP contribution is 2.52. The third kappa shape index (κ3) is 2.84. The van der Waals surface area contributed by atoms with Gasteiger partial charge in [0.05, 0.1) is 37.6 Å². The van der Waals surface area contributed by atoms with Crippen LogP contribution in [-0.4, -0.2) is 60.0 Å². The number of thiophene rings is 2. The molecule has 146 valence electrons. The van der Waals surface area contributed by atoms with Gasteiger partial charge in [0.15, 0.2) is 0 Å². The number of hydrogen-bond donors (Lipinski definition) is 1. The maximum absolute atomic E-state index is 13.9. The summed E-state index contributed by atoms with van der Waals surface area (Å²) in [5.74, 6) is -1.92. The van der Waals surface area contributed by atoms with Crippen LogP contribution in [0.2, 0.25) is 0 Å². The zero-order valence-corrected chi connectivity index (χ0v) is 17.1. The molecular formula is C19H22BrNO4S2. The average molecular weight is 487 g/mol. The van der Waals surface area contributed by atoms with Crippen molar-refractivity contribution < 1.29 is 60.0 Å². The molecule has 3 fully saturated rings. The fraction of sp³-hybridized carbons (Fsp3) is 0.526. The first-order valence-electron chi connectivity index (χ1n) is 14.5. The van der Waals surface area contributed by atoms with Crippen LogP contribution in [-0.2, 0) is 19.9 Å². The molecule has 0 radical (unpaired) electrons. The molecule has 8 heteroatoms. The minimum Gasteiger partial charge on any atom is -1.00 e. The van der Waals surface area contributed by atoms with E-state index in [0.29, 0.717) is 0 Å². The molecule has 0 amide bonds. The standard InChI is InChI=1S/C19H22NO4S2.BrH/c1-20(2)12-9-11(10-13(20)17-16(12)24-17)23-18(21)19(22,14-5-3-7-25-14)15-6-4-8-26-15;/h3-8,11-13,16-17,22H,9-10H2,1-2H3;1H/q+1;/p-1/i3D,4D,5D,6D,7D,8D,9D2,10D2,12D,13D,16D,17D;. The molecule has 4 unspecified atom stereocenters. The van der Waals surface area contributed by atoms with Gasteiger partial charge in [-0.15, -0.1) is 22.7 Å². The lowest BCUT2D eigenvalue weighted by Gasteiger charge is -2.45. The SMILES string of the molecule is [2H]c1sc(C(O)(C(=O)OC2C([2H])([2H])C3([2H])C4([2H])OC4([2H])C([2H])(C2([2H])[2H])[N+]3(C)C)c2sc([2H])c([2H])c2[2H])c([2H])c1[2H].[Br-]. The van der Waals surface area contributed by atoms with Crippen molar-refractivity contribution in [2.24, 2.45) is 0 Å². The first-order chi connectivity index (χ1) is 17.9. The van der Waals surface area contributed by atoms with Crippen LogP contribution in [0.25, 0.3) is 0 Å². The Labute approximate surface area is 196 Å². The van der Waals surface area contributed by atoms with Gasteiger partial charge in [0, 0.05) is 18.2 Å². The molecule has 27 heavy (non-hydrogen) atoms. The smallest absolute Gasteiger partial charge is 0.349 e. The second kappa shape index (κ2) is 6.64. The van der Waals surface area contributed by atoms with Crippen molar-refractivity contribution in [2.45, 2.75) is 48.6 Å². The maximum Gasteiger partial charge on any atom is 0.349 e. The molecule has 5 rings (SSSR count). The van der Waals surface area contributed by atoms with Gasteiger partial charge in [-0.3, -0.25) is 0 Å². The first-order valence-corrected chi connectivity index (χ1v) is 9.14. The topological polar surface area (TPSA) is 59.1 Å². The van der Waals surface area contributed by atoms with E-state index in [4.69, 9.17) is 28.7 Å². The third-order valence-corrected chi connectivity index (χ3v) is 6.00. The van der Waals surface area contributed by atoms with E-state index in [-0.39, 0.29) is 39.7 Å². The normalized spacial score (nSPS) is 55.1. The van der Waals surface area contributed by atoms with E-state index in [2.05, 4.69) is 0 Å². The molecule has 2 bridgehead atoms. The summed E-state index contributed by atoms with van der Waals surface area (Å²) >= 11 is 0.543. The number of carbonyl (C=O) groups excluding carboxylic acids is 1. The number of epoxide rings is 1. The lowest BCUT2D eigenvalue weighted by molar-refractivity contribution is -0.938. The number of ether oxygens (including phenoxy) is 2. The van der Waals surface area contributed by atoms with Crippen molar-refractivity contribution >= 4 is 28.6 Å². The maximum atomic E-state index is 13.9. The molecule has 0 aliphatic carbocycles. The highest BCUT2D eigenvalue weighted by Gasteiger charge is 2.71. The van der Waals surface area contributed by atoms with Gasteiger partial charge in [0.25, 0.3) is 0 Å². The van der Waals surface area contributed by atoms with Crippen LogP contribution in [0, 0.1) is 0 Å². The molecular weight excluding hydrogens is 450 g/mol. The fourth-order valence-corrected chi connectivity index (χ4v) is 4.33. The number of rotatable bonds is 4. The van der Waals surface area contributed by atoms with Gasteiger partial charge in [-0.1, -0.05) is 12.1 Å². The molecule has 3 saturated heterocycles. The van der Waals surface area contributed by atoms with Crippen LogP contribution in [0.15, 0.2) is 34.9 Å².